The van der Waals surface area contributed by atoms with Gasteiger partial charge >= 0.3 is 0 Å². The van der Waals surface area contributed by atoms with Crippen LogP contribution in [0.15, 0.2) is 24.3 Å². The lowest BCUT2D eigenvalue weighted by Crippen LogP contribution is -2.30. The molecule has 1 aromatic rings. The zero-order valence-corrected chi connectivity index (χ0v) is 12.1. The smallest absolute Gasteiger partial charge is 0.255 e. The molecule has 1 amide bonds. The summed E-state index contributed by atoms with van der Waals surface area (Å²) in [7, 11) is 1.80. The van der Waals surface area contributed by atoms with Crippen molar-refractivity contribution in [3.05, 3.63) is 29.8 Å². The van der Waals surface area contributed by atoms with Gasteiger partial charge in [0.2, 0.25) is 0 Å². The van der Waals surface area contributed by atoms with Crippen LogP contribution in [-0.2, 0) is 4.74 Å². The van der Waals surface area contributed by atoms with Crippen molar-refractivity contribution >= 4 is 11.6 Å². The zero-order chi connectivity index (χ0) is 14.1. The van der Waals surface area contributed by atoms with Crippen molar-refractivity contribution in [3.63, 3.8) is 0 Å². The number of ether oxygens (including phenoxy) is 1. The van der Waals surface area contributed by atoms with Crippen LogP contribution in [0.25, 0.3) is 0 Å². The van der Waals surface area contributed by atoms with Gasteiger partial charge in [-0.15, -0.1) is 0 Å². The molecule has 0 aliphatic rings. The molecular formula is C15H24N2O2. The molecular weight excluding hydrogens is 240 g/mol. The van der Waals surface area contributed by atoms with Crippen LogP contribution in [0, 0.1) is 0 Å². The Hall–Kier alpha value is -1.55. The van der Waals surface area contributed by atoms with Gasteiger partial charge < -0.3 is 15.0 Å². The first kappa shape index (κ1) is 15.5. The van der Waals surface area contributed by atoms with E-state index < -0.39 is 0 Å². The van der Waals surface area contributed by atoms with Crippen LogP contribution in [0.1, 0.15) is 30.6 Å². The number of hydrogen-bond acceptors (Lipinski definition) is 3. The van der Waals surface area contributed by atoms with Gasteiger partial charge in [-0.05, 0) is 25.5 Å². The first-order chi connectivity index (χ1) is 9.20. The minimum absolute atomic E-state index is 0.0268. The van der Waals surface area contributed by atoms with Crippen LogP contribution in [-0.4, -0.2) is 44.2 Å². The molecule has 1 aromatic carbocycles. The van der Waals surface area contributed by atoms with Crippen molar-refractivity contribution in [2.45, 2.75) is 20.3 Å². The summed E-state index contributed by atoms with van der Waals surface area (Å²) < 4.78 is 5.28. The number of hydrogen-bond donors (Lipinski definition) is 1. The second-order valence-corrected chi connectivity index (χ2v) is 4.40. The average molecular weight is 264 g/mol. The fraction of sp³-hybridized carbons (Fsp3) is 0.533. The number of carbonyl (C=O) groups excluding carboxylic acids is 1. The first-order valence-corrected chi connectivity index (χ1v) is 6.86. The summed E-state index contributed by atoms with van der Waals surface area (Å²) in [4.78, 5) is 14.0. The predicted octanol–water partition coefficient (Wildman–Crippen LogP) is 2.62. The van der Waals surface area contributed by atoms with Gasteiger partial charge in [0, 0.05) is 32.4 Å². The van der Waals surface area contributed by atoms with Crippen molar-refractivity contribution in [1.82, 2.24) is 4.90 Å². The lowest BCUT2D eigenvalue weighted by Gasteiger charge is -2.19. The molecule has 0 unspecified atom stereocenters. The molecule has 0 aliphatic carbocycles. The minimum atomic E-state index is 0.0268. The zero-order valence-electron chi connectivity index (χ0n) is 12.1. The second-order valence-electron chi connectivity index (χ2n) is 4.40. The van der Waals surface area contributed by atoms with Crippen LogP contribution in [0.3, 0.4) is 0 Å². The van der Waals surface area contributed by atoms with E-state index in [-0.39, 0.29) is 5.91 Å². The molecule has 4 heteroatoms. The molecule has 0 atom stereocenters. The van der Waals surface area contributed by atoms with E-state index in [1.54, 1.807) is 11.9 Å². The molecule has 19 heavy (non-hydrogen) atoms. The van der Waals surface area contributed by atoms with E-state index in [1.807, 2.05) is 31.2 Å². The third-order valence-corrected chi connectivity index (χ3v) is 2.84. The second kappa shape index (κ2) is 8.53. The number of carbonyl (C=O) groups is 1. The number of nitrogens with one attached hydrogen (secondary N) is 1. The molecule has 0 saturated carbocycles. The van der Waals surface area contributed by atoms with Gasteiger partial charge in [0.15, 0.2) is 0 Å². The van der Waals surface area contributed by atoms with Gasteiger partial charge in [0.25, 0.3) is 5.91 Å². The summed E-state index contributed by atoms with van der Waals surface area (Å²) in [5.74, 6) is 0.0268. The Labute approximate surface area is 115 Å². The molecule has 0 aromatic heterocycles. The average Bonchev–Trinajstić information content (AvgIpc) is 2.44. The van der Waals surface area contributed by atoms with Crippen LogP contribution in [0.2, 0.25) is 0 Å². The lowest BCUT2D eigenvalue weighted by atomic mass is 10.1. The minimum Gasteiger partial charge on any atom is -0.384 e. The van der Waals surface area contributed by atoms with E-state index in [0.29, 0.717) is 19.8 Å². The number of likely N-dealkylation sites (N-methyl/N-ethyl adjacent to an activating group) is 1. The van der Waals surface area contributed by atoms with Crippen molar-refractivity contribution in [2.24, 2.45) is 0 Å². The predicted molar refractivity (Wildman–Crippen MR) is 78.7 cm³/mol. The highest BCUT2D eigenvalue weighted by molar-refractivity contribution is 5.99. The molecule has 4 nitrogen and oxygen atoms in total. The SMILES string of the molecule is CCCNc1ccccc1C(=O)N(C)CCOCC. The molecule has 0 fully saturated rings. The molecule has 0 heterocycles. The van der Waals surface area contributed by atoms with E-state index >= 15 is 0 Å². The highest BCUT2D eigenvalue weighted by atomic mass is 16.5. The van der Waals surface area contributed by atoms with E-state index in [1.165, 1.54) is 0 Å². The maximum atomic E-state index is 12.4. The Kier molecular flexibility index (Phi) is 6.97. The topological polar surface area (TPSA) is 41.6 Å². The monoisotopic (exact) mass is 264 g/mol. The molecule has 0 spiro atoms. The number of nitrogens with zero attached hydrogens (tertiary/aromatic N) is 1. The van der Waals surface area contributed by atoms with Crippen LogP contribution in [0.4, 0.5) is 5.69 Å². The van der Waals surface area contributed by atoms with Crippen molar-refractivity contribution in [2.75, 3.05) is 38.7 Å². The fourth-order valence-corrected chi connectivity index (χ4v) is 1.74. The Morgan fingerprint density at radius 3 is 2.74 bits per heavy atom. The Balaban J connectivity index is 2.69. The molecule has 1 N–H and O–H groups in total. The Morgan fingerprint density at radius 1 is 1.32 bits per heavy atom. The van der Waals surface area contributed by atoms with Gasteiger partial charge in [-0.2, -0.15) is 0 Å². The van der Waals surface area contributed by atoms with E-state index in [9.17, 15) is 4.79 Å². The Bertz CT molecular complexity index is 393. The maximum absolute atomic E-state index is 12.4. The fourth-order valence-electron chi connectivity index (χ4n) is 1.74. The number of para-hydroxylation sites is 1. The largest absolute Gasteiger partial charge is 0.384 e. The standard InChI is InChI=1S/C15H24N2O2/c1-4-10-16-14-9-7-6-8-13(14)15(18)17(3)11-12-19-5-2/h6-9,16H,4-5,10-12H2,1-3H3. The quantitative estimate of drug-likeness (QED) is 0.734. The van der Waals surface area contributed by atoms with E-state index in [2.05, 4.69) is 12.2 Å². The Morgan fingerprint density at radius 2 is 2.05 bits per heavy atom. The summed E-state index contributed by atoms with van der Waals surface area (Å²) in [6.45, 7) is 6.78. The van der Waals surface area contributed by atoms with Crippen molar-refractivity contribution in [3.8, 4) is 0 Å². The molecule has 106 valence electrons. The number of amides is 1. The van der Waals surface area contributed by atoms with Crippen LogP contribution >= 0.6 is 0 Å². The highest BCUT2D eigenvalue weighted by Gasteiger charge is 2.14. The maximum Gasteiger partial charge on any atom is 0.255 e. The van der Waals surface area contributed by atoms with Gasteiger partial charge in [-0.25, -0.2) is 0 Å². The van der Waals surface area contributed by atoms with Gasteiger partial charge in [-0.1, -0.05) is 19.1 Å². The summed E-state index contributed by atoms with van der Waals surface area (Å²) >= 11 is 0. The summed E-state index contributed by atoms with van der Waals surface area (Å²) in [5, 5.41) is 3.29. The third kappa shape index (κ3) is 4.91. The third-order valence-electron chi connectivity index (χ3n) is 2.84. The summed E-state index contributed by atoms with van der Waals surface area (Å²) in [5.41, 5.74) is 1.62. The normalized spacial score (nSPS) is 10.3. The summed E-state index contributed by atoms with van der Waals surface area (Å²) in [6, 6.07) is 7.63. The molecule has 0 radical (unpaired) electrons. The van der Waals surface area contributed by atoms with E-state index in [4.69, 9.17) is 4.74 Å². The number of anilines is 1. The summed E-state index contributed by atoms with van der Waals surface area (Å²) in [6.07, 6.45) is 1.03. The number of rotatable bonds is 8. The van der Waals surface area contributed by atoms with Crippen molar-refractivity contribution < 1.29 is 9.53 Å². The molecule has 0 saturated heterocycles. The van der Waals surface area contributed by atoms with Crippen LogP contribution < -0.4 is 5.32 Å². The van der Waals surface area contributed by atoms with Crippen molar-refractivity contribution in [1.29, 1.82) is 0 Å². The highest BCUT2D eigenvalue weighted by Crippen LogP contribution is 2.16. The lowest BCUT2D eigenvalue weighted by molar-refractivity contribution is 0.0711. The molecule has 0 aliphatic heterocycles. The number of benzene rings is 1. The van der Waals surface area contributed by atoms with Gasteiger partial charge in [-0.3, -0.25) is 4.79 Å². The molecule has 0 bridgehead atoms. The van der Waals surface area contributed by atoms with Gasteiger partial charge in [0.1, 0.15) is 0 Å². The molecule has 1 rings (SSSR count). The first-order valence-electron chi connectivity index (χ1n) is 6.86. The van der Waals surface area contributed by atoms with E-state index in [0.717, 1.165) is 24.2 Å². The van der Waals surface area contributed by atoms with Crippen LogP contribution in [0.5, 0.6) is 0 Å². The van der Waals surface area contributed by atoms with Gasteiger partial charge in [0.05, 0.1) is 12.2 Å².